The lowest BCUT2D eigenvalue weighted by molar-refractivity contribution is -0.137. The first-order chi connectivity index (χ1) is 13.7. The van der Waals surface area contributed by atoms with Crippen molar-refractivity contribution >= 4 is 22.6 Å². The molecule has 2 aromatic carbocycles. The van der Waals surface area contributed by atoms with Crippen LogP contribution < -0.4 is 5.32 Å². The second-order valence-corrected chi connectivity index (χ2v) is 8.30. The van der Waals surface area contributed by atoms with E-state index in [1.54, 1.807) is 24.3 Å². The largest absolute Gasteiger partial charge is 0.616 e. The number of nitrogens with zero attached hydrogens (tertiary/aromatic N) is 4. The highest BCUT2D eigenvalue weighted by molar-refractivity contribution is 7.93. The van der Waals surface area contributed by atoms with Gasteiger partial charge >= 0.3 is 6.18 Å². The average molecular weight is 423 g/mol. The molecule has 0 bridgehead atoms. The van der Waals surface area contributed by atoms with Gasteiger partial charge in [0.25, 0.3) is 0 Å². The summed E-state index contributed by atoms with van der Waals surface area (Å²) in [4.78, 5) is 1.25. The SMILES string of the molecule is [O-][S+]1CC(O)(Cn2nnc(-c3ccccc3Nc3ccc(C(F)(F)F)cc3)n2)C1. The number of tetrazole rings is 1. The van der Waals surface area contributed by atoms with E-state index in [0.717, 1.165) is 12.1 Å². The summed E-state index contributed by atoms with van der Waals surface area (Å²) in [6.45, 7) is 0.0836. The van der Waals surface area contributed by atoms with Crippen LogP contribution in [0.1, 0.15) is 5.56 Å². The fraction of sp³-hybridized carbons (Fsp3) is 0.278. The predicted octanol–water partition coefficient (Wildman–Crippen LogP) is 2.60. The van der Waals surface area contributed by atoms with Gasteiger partial charge in [0, 0.05) is 16.9 Å². The van der Waals surface area contributed by atoms with E-state index in [-0.39, 0.29) is 18.1 Å². The lowest BCUT2D eigenvalue weighted by atomic mass is 10.1. The molecule has 0 unspecified atom stereocenters. The summed E-state index contributed by atoms with van der Waals surface area (Å²) in [6.07, 6.45) is -4.39. The Hall–Kier alpha value is -2.63. The van der Waals surface area contributed by atoms with Crippen molar-refractivity contribution < 1.29 is 22.8 Å². The topological polar surface area (TPSA) is 98.9 Å². The first-order valence-corrected chi connectivity index (χ1v) is 10.1. The second kappa shape index (κ2) is 7.32. The van der Waals surface area contributed by atoms with E-state index in [0.29, 0.717) is 22.8 Å². The van der Waals surface area contributed by atoms with E-state index in [1.807, 2.05) is 0 Å². The van der Waals surface area contributed by atoms with Gasteiger partial charge in [-0.15, -0.1) is 10.2 Å². The minimum atomic E-state index is -4.39. The minimum absolute atomic E-state index is 0.0836. The fourth-order valence-electron chi connectivity index (χ4n) is 3.01. The Morgan fingerprint density at radius 3 is 2.48 bits per heavy atom. The van der Waals surface area contributed by atoms with Gasteiger partial charge in [-0.3, -0.25) is 0 Å². The molecule has 0 radical (unpaired) electrons. The zero-order chi connectivity index (χ0) is 20.6. The van der Waals surface area contributed by atoms with Gasteiger partial charge in [-0.2, -0.15) is 18.0 Å². The van der Waals surface area contributed by atoms with E-state index in [2.05, 4.69) is 20.7 Å². The quantitative estimate of drug-likeness (QED) is 0.612. The van der Waals surface area contributed by atoms with Crippen LogP contribution in [0.15, 0.2) is 48.5 Å². The summed E-state index contributed by atoms with van der Waals surface area (Å²) >= 11 is -1.02. The summed E-state index contributed by atoms with van der Waals surface area (Å²) < 4.78 is 49.4. The molecule has 1 aliphatic heterocycles. The number of aromatic nitrogens is 4. The summed E-state index contributed by atoms with van der Waals surface area (Å²) in [7, 11) is 0. The highest BCUT2D eigenvalue weighted by atomic mass is 32.2. The van der Waals surface area contributed by atoms with Crippen LogP contribution in [0.4, 0.5) is 24.5 Å². The van der Waals surface area contributed by atoms with Crippen LogP contribution in [0.5, 0.6) is 0 Å². The molecule has 152 valence electrons. The third-order valence-corrected chi connectivity index (χ3v) is 6.13. The summed E-state index contributed by atoms with van der Waals surface area (Å²) in [6, 6.07) is 11.7. The van der Waals surface area contributed by atoms with Crippen LogP contribution in [-0.2, 0) is 23.9 Å². The van der Waals surface area contributed by atoms with Crippen LogP contribution >= 0.6 is 0 Å². The Bertz CT molecular complexity index is 1000. The lowest BCUT2D eigenvalue weighted by Crippen LogP contribution is -2.57. The predicted molar refractivity (Wildman–Crippen MR) is 101 cm³/mol. The molecule has 2 heterocycles. The van der Waals surface area contributed by atoms with E-state index in [1.165, 1.54) is 16.9 Å². The number of alkyl halides is 3. The zero-order valence-electron chi connectivity index (χ0n) is 14.9. The molecule has 0 aliphatic carbocycles. The first kappa shape index (κ1) is 19.7. The number of rotatable bonds is 5. The van der Waals surface area contributed by atoms with Crippen molar-refractivity contribution in [2.45, 2.75) is 18.3 Å². The van der Waals surface area contributed by atoms with Gasteiger partial charge in [0.2, 0.25) is 5.82 Å². The maximum atomic E-state index is 12.7. The Balaban J connectivity index is 1.53. The Labute approximate surface area is 166 Å². The van der Waals surface area contributed by atoms with Gasteiger partial charge < -0.3 is 15.0 Å². The normalized spacial score (nSPS) is 21.6. The third-order valence-electron chi connectivity index (χ3n) is 4.41. The van der Waals surface area contributed by atoms with Crippen LogP contribution in [-0.4, -0.2) is 47.0 Å². The van der Waals surface area contributed by atoms with Gasteiger partial charge in [-0.1, -0.05) is 12.1 Å². The van der Waals surface area contributed by atoms with Crippen molar-refractivity contribution in [3.63, 3.8) is 0 Å². The summed E-state index contributed by atoms with van der Waals surface area (Å²) in [5, 5.41) is 25.5. The number of nitrogens with one attached hydrogen (secondary N) is 1. The van der Waals surface area contributed by atoms with Gasteiger partial charge in [-0.05, 0) is 52.8 Å². The van der Waals surface area contributed by atoms with E-state index < -0.39 is 28.5 Å². The number of hydrogen-bond acceptors (Lipinski definition) is 6. The second-order valence-electron chi connectivity index (χ2n) is 6.84. The van der Waals surface area contributed by atoms with E-state index in [9.17, 15) is 22.8 Å². The molecule has 0 amide bonds. The van der Waals surface area contributed by atoms with Crippen molar-refractivity contribution in [2.24, 2.45) is 0 Å². The first-order valence-electron chi connectivity index (χ1n) is 8.61. The van der Waals surface area contributed by atoms with Crippen molar-refractivity contribution in [3.05, 3.63) is 54.1 Å². The number of anilines is 2. The molecular formula is C18H16F3N5O2S. The van der Waals surface area contributed by atoms with Gasteiger partial charge in [0.05, 0.1) is 5.56 Å². The van der Waals surface area contributed by atoms with Crippen molar-refractivity contribution in [1.82, 2.24) is 20.2 Å². The smallest absolute Gasteiger partial charge is 0.416 e. The molecule has 29 heavy (non-hydrogen) atoms. The van der Waals surface area contributed by atoms with Gasteiger partial charge in [0.15, 0.2) is 5.60 Å². The van der Waals surface area contributed by atoms with E-state index in [4.69, 9.17) is 0 Å². The van der Waals surface area contributed by atoms with E-state index >= 15 is 0 Å². The molecule has 7 nitrogen and oxygen atoms in total. The number of para-hydroxylation sites is 1. The number of benzene rings is 2. The maximum Gasteiger partial charge on any atom is 0.416 e. The van der Waals surface area contributed by atoms with Crippen molar-refractivity contribution in [1.29, 1.82) is 0 Å². The molecule has 2 N–H and O–H groups in total. The standard InChI is InChI=1S/C18H16F3N5O2S/c19-18(20,21)12-5-7-13(8-6-12)22-15-4-2-1-3-14(15)16-23-25-26(24-16)9-17(27)10-29(28)11-17/h1-8,22,27H,9-11H2. The van der Waals surface area contributed by atoms with Crippen molar-refractivity contribution in [3.8, 4) is 11.4 Å². The maximum absolute atomic E-state index is 12.7. The monoisotopic (exact) mass is 423 g/mol. The molecule has 11 heteroatoms. The number of hydrogen-bond donors (Lipinski definition) is 2. The molecule has 0 saturated carbocycles. The highest BCUT2D eigenvalue weighted by Crippen LogP contribution is 2.32. The number of aliphatic hydroxyl groups is 1. The Morgan fingerprint density at radius 1 is 1.14 bits per heavy atom. The highest BCUT2D eigenvalue weighted by Gasteiger charge is 2.48. The Morgan fingerprint density at radius 2 is 1.83 bits per heavy atom. The molecule has 1 saturated heterocycles. The van der Waals surface area contributed by atoms with Crippen LogP contribution in [0, 0.1) is 0 Å². The zero-order valence-corrected chi connectivity index (χ0v) is 15.7. The molecule has 1 aromatic heterocycles. The lowest BCUT2D eigenvalue weighted by Gasteiger charge is -2.36. The number of halogens is 3. The van der Waals surface area contributed by atoms with Gasteiger partial charge in [0.1, 0.15) is 18.1 Å². The van der Waals surface area contributed by atoms with Crippen LogP contribution in [0.2, 0.25) is 0 Å². The Kier molecular flexibility index (Phi) is 4.97. The molecule has 0 atom stereocenters. The molecule has 3 aromatic rings. The summed E-state index contributed by atoms with van der Waals surface area (Å²) in [5.41, 5.74) is -0.154. The minimum Gasteiger partial charge on any atom is -0.616 e. The summed E-state index contributed by atoms with van der Waals surface area (Å²) in [5.74, 6) is 0.648. The van der Waals surface area contributed by atoms with Crippen LogP contribution in [0.3, 0.4) is 0 Å². The molecule has 0 spiro atoms. The fourth-order valence-corrected chi connectivity index (χ4v) is 4.31. The van der Waals surface area contributed by atoms with Gasteiger partial charge in [-0.25, -0.2) is 0 Å². The molecule has 1 fully saturated rings. The molecule has 1 aliphatic rings. The average Bonchev–Trinajstić information content (AvgIpc) is 3.08. The van der Waals surface area contributed by atoms with Crippen LogP contribution in [0.25, 0.3) is 11.4 Å². The molecular weight excluding hydrogens is 407 g/mol. The van der Waals surface area contributed by atoms with Crippen molar-refractivity contribution in [2.75, 3.05) is 16.8 Å². The molecule has 4 rings (SSSR count). The third kappa shape index (κ3) is 4.36.